The Labute approximate surface area is 122 Å². The molecular formula is C15H24N2O2S. The van der Waals surface area contributed by atoms with Crippen LogP contribution in [0, 0.1) is 0 Å². The molecule has 1 saturated heterocycles. The number of piperidine rings is 1. The van der Waals surface area contributed by atoms with Crippen LogP contribution in [0.4, 0.5) is 0 Å². The zero-order valence-corrected chi connectivity index (χ0v) is 13.1. The van der Waals surface area contributed by atoms with Crippen molar-refractivity contribution in [2.45, 2.75) is 25.2 Å². The van der Waals surface area contributed by atoms with Crippen LogP contribution in [0.2, 0.25) is 0 Å². The maximum Gasteiger partial charge on any atom is 0.208 e. The zero-order valence-electron chi connectivity index (χ0n) is 12.3. The SMILES string of the molecule is C[C@@]1(c2ccccc2)CCCN(CCNS(C)(=O)=O)C1. The lowest BCUT2D eigenvalue weighted by Gasteiger charge is -2.41. The van der Waals surface area contributed by atoms with Crippen LogP contribution in [0.15, 0.2) is 30.3 Å². The third kappa shape index (κ3) is 4.30. The van der Waals surface area contributed by atoms with E-state index in [0.29, 0.717) is 6.54 Å². The third-order valence-electron chi connectivity index (χ3n) is 4.04. The van der Waals surface area contributed by atoms with Crippen LogP contribution >= 0.6 is 0 Å². The van der Waals surface area contributed by atoms with E-state index in [1.165, 1.54) is 18.2 Å². The average molecular weight is 296 g/mol. The Kier molecular flexibility index (Phi) is 4.83. The van der Waals surface area contributed by atoms with Crippen LogP contribution in [-0.2, 0) is 15.4 Å². The van der Waals surface area contributed by atoms with E-state index in [9.17, 15) is 8.42 Å². The van der Waals surface area contributed by atoms with Gasteiger partial charge in [0.25, 0.3) is 0 Å². The largest absolute Gasteiger partial charge is 0.301 e. The van der Waals surface area contributed by atoms with E-state index in [2.05, 4.69) is 40.8 Å². The fourth-order valence-electron chi connectivity index (χ4n) is 3.00. The number of nitrogens with one attached hydrogen (secondary N) is 1. The van der Waals surface area contributed by atoms with Gasteiger partial charge in [-0.05, 0) is 24.9 Å². The molecule has 0 aliphatic carbocycles. The molecule has 2 rings (SSSR count). The van der Waals surface area contributed by atoms with Crippen LogP contribution in [-0.4, -0.2) is 45.8 Å². The van der Waals surface area contributed by atoms with Gasteiger partial charge in [0.1, 0.15) is 0 Å². The number of rotatable bonds is 5. The molecule has 20 heavy (non-hydrogen) atoms. The molecule has 0 bridgehead atoms. The summed E-state index contributed by atoms with van der Waals surface area (Å²) in [5.74, 6) is 0. The minimum absolute atomic E-state index is 0.171. The van der Waals surface area contributed by atoms with Gasteiger partial charge in [-0.15, -0.1) is 0 Å². The van der Waals surface area contributed by atoms with Crippen LogP contribution in [0.25, 0.3) is 0 Å². The molecule has 0 spiro atoms. The summed E-state index contributed by atoms with van der Waals surface area (Å²) in [5, 5.41) is 0. The van der Waals surface area contributed by atoms with Gasteiger partial charge in [-0.1, -0.05) is 37.3 Å². The minimum Gasteiger partial charge on any atom is -0.301 e. The average Bonchev–Trinajstić information content (AvgIpc) is 2.38. The molecule has 0 unspecified atom stereocenters. The topological polar surface area (TPSA) is 49.4 Å². The summed E-state index contributed by atoms with van der Waals surface area (Å²) in [6.45, 7) is 5.61. The van der Waals surface area contributed by atoms with Crippen molar-refractivity contribution in [3.8, 4) is 0 Å². The molecule has 1 aromatic rings. The van der Waals surface area contributed by atoms with E-state index < -0.39 is 10.0 Å². The predicted octanol–water partition coefficient (Wildman–Crippen LogP) is 1.59. The maximum absolute atomic E-state index is 11.1. The molecule has 1 aliphatic rings. The Balaban J connectivity index is 1.95. The van der Waals surface area contributed by atoms with Crippen LogP contribution in [0.1, 0.15) is 25.3 Å². The van der Waals surface area contributed by atoms with Crippen molar-refractivity contribution in [2.24, 2.45) is 0 Å². The molecule has 0 aromatic heterocycles. The highest BCUT2D eigenvalue weighted by atomic mass is 32.2. The summed E-state index contributed by atoms with van der Waals surface area (Å²) in [6, 6.07) is 10.6. The first-order chi connectivity index (χ1) is 9.39. The number of sulfonamides is 1. The lowest BCUT2D eigenvalue weighted by Crippen LogP contribution is -2.46. The fraction of sp³-hybridized carbons (Fsp3) is 0.600. The Morgan fingerprint density at radius 3 is 2.65 bits per heavy atom. The lowest BCUT2D eigenvalue weighted by molar-refractivity contribution is 0.159. The predicted molar refractivity (Wildman–Crippen MR) is 82.3 cm³/mol. The molecule has 5 heteroatoms. The number of nitrogens with zero attached hydrogens (tertiary/aromatic N) is 1. The fourth-order valence-corrected chi connectivity index (χ4v) is 3.46. The number of likely N-dealkylation sites (tertiary alicyclic amines) is 1. The van der Waals surface area contributed by atoms with Gasteiger partial charge < -0.3 is 4.90 Å². The highest BCUT2D eigenvalue weighted by Gasteiger charge is 2.32. The summed E-state index contributed by atoms with van der Waals surface area (Å²) in [6.07, 6.45) is 3.55. The quantitative estimate of drug-likeness (QED) is 0.897. The number of hydrogen-bond acceptors (Lipinski definition) is 3. The van der Waals surface area contributed by atoms with E-state index in [1.54, 1.807) is 0 Å². The van der Waals surface area contributed by atoms with Gasteiger partial charge in [0, 0.05) is 25.0 Å². The van der Waals surface area contributed by atoms with E-state index in [-0.39, 0.29) is 5.41 Å². The minimum atomic E-state index is -3.08. The smallest absolute Gasteiger partial charge is 0.208 e. The van der Waals surface area contributed by atoms with Crippen molar-refractivity contribution in [1.82, 2.24) is 9.62 Å². The van der Waals surface area contributed by atoms with Gasteiger partial charge in [0.2, 0.25) is 10.0 Å². The molecule has 1 aliphatic heterocycles. The van der Waals surface area contributed by atoms with Crippen molar-refractivity contribution in [2.75, 3.05) is 32.4 Å². The van der Waals surface area contributed by atoms with E-state index in [1.807, 2.05) is 6.07 Å². The van der Waals surface area contributed by atoms with Gasteiger partial charge in [-0.25, -0.2) is 13.1 Å². The van der Waals surface area contributed by atoms with Gasteiger partial charge in [0.15, 0.2) is 0 Å². The molecule has 0 saturated carbocycles. The molecule has 0 radical (unpaired) electrons. The Morgan fingerprint density at radius 1 is 1.30 bits per heavy atom. The number of hydrogen-bond donors (Lipinski definition) is 1. The van der Waals surface area contributed by atoms with Gasteiger partial charge in [0.05, 0.1) is 6.26 Å². The molecule has 1 fully saturated rings. The highest BCUT2D eigenvalue weighted by Crippen LogP contribution is 2.33. The highest BCUT2D eigenvalue weighted by molar-refractivity contribution is 7.88. The second-order valence-corrected chi connectivity index (χ2v) is 7.81. The first kappa shape index (κ1) is 15.5. The van der Waals surface area contributed by atoms with E-state index in [4.69, 9.17) is 0 Å². The maximum atomic E-state index is 11.1. The molecule has 1 aromatic carbocycles. The van der Waals surface area contributed by atoms with Crippen molar-refractivity contribution in [1.29, 1.82) is 0 Å². The summed E-state index contributed by atoms with van der Waals surface area (Å²) in [4.78, 5) is 2.36. The molecule has 112 valence electrons. The van der Waals surface area contributed by atoms with Gasteiger partial charge in [-0.2, -0.15) is 0 Å². The second-order valence-electron chi connectivity index (χ2n) is 5.97. The van der Waals surface area contributed by atoms with Crippen molar-refractivity contribution in [3.05, 3.63) is 35.9 Å². The summed E-state index contributed by atoms with van der Waals surface area (Å²) < 4.78 is 24.8. The summed E-state index contributed by atoms with van der Waals surface area (Å²) in [7, 11) is -3.08. The normalized spacial score (nSPS) is 24.7. The zero-order chi connectivity index (χ0) is 14.6. The Hall–Kier alpha value is -0.910. The first-order valence-electron chi connectivity index (χ1n) is 7.12. The van der Waals surface area contributed by atoms with Crippen molar-refractivity contribution in [3.63, 3.8) is 0 Å². The third-order valence-corrected chi connectivity index (χ3v) is 4.77. The van der Waals surface area contributed by atoms with Crippen molar-refractivity contribution >= 4 is 10.0 Å². The Bertz CT molecular complexity index is 530. The molecular weight excluding hydrogens is 272 g/mol. The number of benzene rings is 1. The summed E-state index contributed by atoms with van der Waals surface area (Å²) >= 11 is 0. The standard InChI is InChI=1S/C15H24N2O2S/c1-15(14-7-4-3-5-8-14)9-6-11-17(13-15)12-10-16-20(2,18)19/h3-5,7-8,16H,6,9-13H2,1-2H3/t15-/m1/s1. The van der Waals surface area contributed by atoms with Crippen molar-refractivity contribution < 1.29 is 8.42 Å². The second kappa shape index (κ2) is 6.24. The molecule has 1 heterocycles. The van der Waals surface area contributed by atoms with Gasteiger partial charge in [-0.3, -0.25) is 0 Å². The molecule has 4 nitrogen and oxygen atoms in total. The summed E-state index contributed by atoms with van der Waals surface area (Å²) in [5.41, 5.74) is 1.55. The van der Waals surface area contributed by atoms with Crippen LogP contribution in [0.3, 0.4) is 0 Å². The monoisotopic (exact) mass is 296 g/mol. The lowest BCUT2D eigenvalue weighted by atomic mass is 9.76. The van der Waals surface area contributed by atoms with E-state index >= 15 is 0 Å². The molecule has 1 atom stereocenters. The first-order valence-corrected chi connectivity index (χ1v) is 9.01. The van der Waals surface area contributed by atoms with Gasteiger partial charge >= 0.3 is 0 Å². The van der Waals surface area contributed by atoms with E-state index in [0.717, 1.165) is 26.1 Å². The van der Waals surface area contributed by atoms with Crippen LogP contribution < -0.4 is 4.72 Å². The Morgan fingerprint density at radius 2 is 2.00 bits per heavy atom. The molecule has 1 N–H and O–H groups in total. The molecule has 0 amide bonds. The van der Waals surface area contributed by atoms with Crippen LogP contribution in [0.5, 0.6) is 0 Å².